The lowest BCUT2D eigenvalue weighted by atomic mass is 9.99. The van der Waals surface area contributed by atoms with Crippen molar-refractivity contribution in [2.24, 2.45) is 5.92 Å². The summed E-state index contributed by atoms with van der Waals surface area (Å²) in [6, 6.07) is 10.4. The third kappa shape index (κ3) is 9.59. The van der Waals surface area contributed by atoms with Crippen molar-refractivity contribution in [3.05, 3.63) is 35.9 Å². The van der Waals surface area contributed by atoms with Crippen LogP contribution in [0.2, 0.25) is 0 Å². The van der Waals surface area contributed by atoms with E-state index in [1.807, 2.05) is 32.0 Å². The van der Waals surface area contributed by atoms with Crippen LogP contribution < -0.4 is 0 Å². The molecule has 4 heteroatoms. The highest BCUT2D eigenvalue weighted by molar-refractivity contribution is 5.94. The van der Waals surface area contributed by atoms with Gasteiger partial charge in [-0.25, -0.2) is 0 Å². The Morgan fingerprint density at radius 1 is 0.808 bits per heavy atom. The van der Waals surface area contributed by atoms with Gasteiger partial charge < -0.3 is 9.47 Å². The van der Waals surface area contributed by atoms with Crippen LogP contribution in [0.5, 0.6) is 0 Å². The van der Waals surface area contributed by atoms with Gasteiger partial charge in [-0.15, -0.1) is 0 Å². The highest BCUT2D eigenvalue weighted by atomic mass is 16.6. The number of esters is 2. The van der Waals surface area contributed by atoms with Gasteiger partial charge in [-0.1, -0.05) is 69.9 Å². The molecule has 0 amide bonds. The zero-order valence-corrected chi connectivity index (χ0v) is 16.4. The molecule has 0 N–H and O–H groups in total. The number of hydrogen-bond acceptors (Lipinski definition) is 4. The Morgan fingerprint density at radius 2 is 1.38 bits per heavy atom. The molecule has 0 aliphatic carbocycles. The first-order valence-electron chi connectivity index (χ1n) is 10.1. The first kappa shape index (κ1) is 22.2. The molecule has 0 aliphatic heterocycles. The minimum atomic E-state index is -0.777. The molecule has 1 aromatic rings. The molecule has 0 saturated heterocycles. The average molecular weight is 363 g/mol. The average Bonchev–Trinajstić information content (AvgIpc) is 2.65. The van der Waals surface area contributed by atoms with Gasteiger partial charge in [-0.05, 0) is 37.7 Å². The van der Waals surface area contributed by atoms with E-state index in [4.69, 9.17) is 9.47 Å². The highest BCUT2D eigenvalue weighted by Crippen LogP contribution is 2.16. The summed E-state index contributed by atoms with van der Waals surface area (Å²) in [7, 11) is 0. The highest BCUT2D eigenvalue weighted by Gasteiger charge is 2.29. The van der Waals surface area contributed by atoms with Crippen LogP contribution in [0.4, 0.5) is 0 Å². The number of aryl methyl sites for hydroxylation is 1. The minimum Gasteiger partial charge on any atom is -0.465 e. The second-order valence-corrected chi connectivity index (χ2v) is 6.68. The zero-order valence-electron chi connectivity index (χ0n) is 16.4. The lowest BCUT2D eigenvalue weighted by molar-refractivity contribution is -0.162. The summed E-state index contributed by atoms with van der Waals surface area (Å²) >= 11 is 0. The Balaban J connectivity index is 2.39. The number of ether oxygens (including phenoxy) is 2. The van der Waals surface area contributed by atoms with Gasteiger partial charge in [-0.3, -0.25) is 9.59 Å². The number of benzene rings is 1. The van der Waals surface area contributed by atoms with Crippen molar-refractivity contribution in [2.45, 2.75) is 71.6 Å². The van der Waals surface area contributed by atoms with Gasteiger partial charge in [0.2, 0.25) is 0 Å². The van der Waals surface area contributed by atoms with Crippen LogP contribution in [0, 0.1) is 5.92 Å². The van der Waals surface area contributed by atoms with E-state index in [-0.39, 0.29) is 0 Å². The number of rotatable bonds is 14. The van der Waals surface area contributed by atoms with Crippen LogP contribution in [0.1, 0.15) is 70.8 Å². The maximum atomic E-state index is 12.3. The third-order valence-electron chi connectivity index (χ3n) is 4.35. The maximum absolute atomic E-state index is 12.3. The fourth-order valence-electron chi connectivity index (χ4n) is 2.67. The van der Waals surface area contributed by atoms with E-state index in [9.17, 15) is 9.59 Å². The second kappa shape index (κ2) is 14.3. The van der Waals surface area contributed by atoms with E-state index >= 15 is 0 Å². The summed E-state index contributed by atoms with van der Waals surface area (Å²) in [5, 5.41) is 0. The molecule has 0 aromatic heterocycles. The van der Waals surface area contributed by atoms with Gasteiger partial charge >= 0.3 is 11.9 Å². The van der Waals surface area contributed by atoms with Crippen LogP contribution >= 0.6 is 0 Å². The quantitative estimate of drug-likeness (QED) is 0.263. The van der Waals surface area contributed by atoms with E-state index in [1.54, 1.807) is 0 Å². The van der Waals surface area contributed by atoms with Gasteiger partial charge in [0.1, 0.15) is 0 Å². The lowest BCUT2D eigenvalue weighted by Crippen LogP contribution is -2.28. The Bertz CT molecular complexity index is 476. The Morgan fingerprint density at radius 3 is 1.92 bits per heavy atom. The molecule has 146 valence electrons. The maximum Gasteiger partial charge on any atom is 0.320 e. The summed E-state index contributed by atoms with van der Waals surface area (Å²) in [5.74, 6) is -1.63. The van der Waals surface area contributed by atoms with Crippen LogP contribution in [-0.2, 0) is 25.5 Å². The molecule has 0 saturated carbocycles. The van der Waals surface area contributed by atoms with Crippen molar-refractivity contribution in [3.63, 3.8) is 0 Å². The molecular weight excluding hydrogens is 328 g/mol. The molecule has 4 nitrogen and oxygen atoms in total. The molecule has 0 bridgehead atoms. The SMILES string of the molecule is CCCCOC(=O)C(CCCCCc1ccccc1)C(=O)OCCCC. The summed E-state index contributed by atoms with van der Waals surface area (Å²) in [5.41, 5.74) is 1.32. The fraction of sp³-hybridized carbons (Fsp3) is 0.636. The van der Waals surface area contributed by atoms with Gasteiger partial charge in [0.15, 0.2) is 5.92 Å². The summed E-state index contributed by atoms with van der Waals surface area (Å²) < 4.78 is 10.5. The van der Waals surface area contributed by atoms with Gasteiger partial charge in [0.05, 0.1) is 13.2 Å². The van der Waals surface area contributed by atoms with Crippen LogP contribution in [0.15, 0.2) is 30.3 Å². The van der Waals surface area contributed by atoms with E-state index in [0.29, 0.717) is 19.6 Å². The van der Waals surface area contributed by atoms with Crippen molar-refractivity contribution in [2.75, 3.05) is 13.2 Å². The van der Waals surface area contributed by atoms with Crippen molar-refractivity contribution in [1.82, 2.24) is 0 Å². The molecule has 0 heterocycles. The van der Waals surface area contributed by atoms with E-state index in [2.05, 4.69) is 12.1 Å². The third-order valence-corrected chi connectivity index (χ3v) is 4.35. The van der Waals surface area contributed by atoms with Crippen molar-refractivity contribution in [1.29, 1.82) is 0 Å². The van der Waals surface area contributed by atoms with Crippen LogP contribution in [0.3, 0.4) is 0 Å². The Kier molecular flexibility index (Phi) is 12.2. The van der Waals surface area contributed by atoms with Crippen LogP contribution in [0.25, 0.3) is 0 Å². The number of carbonyl (C=O) groups is 2. The standard InChI is InChI=1S/C22H34O4/c1-3-5-17-25-21(23)20(22(24)26-18-6-4-2)16-12-8-11-15-19-13-9-7-10-14-19/h7,9-10,13-14,20H,3-6,8,11-12,15-18H2,1-2H3. The molecule has 26 heavy (non-hydrogen) atoms. The molecule has 0 atom stereocenters. The second-order valence-electron chi connectivity index (χ2n) is 6.68. The smallest absolute Gasteiger partial charge is 0.320 e. The largest absolute Gasteiger partial charge is 0.465 e. The summed E-state index contributed by atoms with van der Waals surface area (Å²) in [4.78, 5) is 24.5. The molecule has 0 radical (unpaired) electrons. The molecular formula is C22H34O4. The van der Waals surface area contributed by atoms with E-state index < -0.39 is 17.9 Å². The predicted octanol–water partition coefficient (Wildman–Crippen LogP) is 5.09. The normalized spacial score (nSPS) is 10.7. The molecule has 1 rings (SSSR count). The topological polar surface area (TPSA) is 52.6 Å². The van der Waals surface area contributed by atoms with Crippen molar-refractivity contribution < 1.29 is 19.1 Å². The minimum absolute atomic E-state index is 0.377. The number of hydrogen-bond donors (Lipinski definition) is 0. The molecule has 0 fully saturated rings. The predicted molar refractivity (Wildman–Crippen MR) is 104 cm³/mol. The fourth-order valence-corrected chi connectivity index (χ4v) is 2.67. The Labute approximate surface area is 158 Å². The Hall–Kier alpha value is -1.84. The lowest BCUT2D eigenvalue weighted by Gasteiger charge is -2.15. The van der Waals surface area contributed by atoms with E-state index in [1.165, 1.54) is 5.56 Å². The number of carbonyl (C=O) groups excluding carboxylic acids is 2. The molecule has 0 aliphatic rings. The number of unbranched alkanes of at least 4 members (excludes halogenated alkanes) is 4. The first-order chi connectivity index (χ1) is 12.7. The van der Waals surface area contributed by atoms with Gasteiger partial charge in [0.25, 0.3) is 0 Å². The zero-order chi connectivity index (χ0) is 19.0. The van der Waals surface area contributed by atoms with Crippen molar-refractivity contribution >= 4 is 11.9 Å². The van der Waals surface area contributed by atoms with Crippen molar-refractivity contribution in [3.8, 4) is 0 Å². The molecule has 0 spiro atoms. The first-order valence-corrected chi connectivity index (χ1v) is 10.1. The van der Waals surface area contributed by atoms with Crippen LogP contribution in [-0.4, -0.2) is 25.2 Å². The molecule has 1 aromatic carbocycles. The monoisotopic (exact) mass is 362 g/mol. The van der Waals surface area contributed by atoms with E-state index in [0.717, 1.165) is 51.4 Å². The summed E-state index contributed by atoms with van der Waals surface area (Å²) in [6.45, 7) is 4.83. The van der Waals surface area contributed by atoms with Gasteiger partial charge in [-0.2, -0.15) is 0 Å². The van der Waals surface area contributed by atoms with Gasteiger partial charge in [0, 0.05) is 0 Å². The molecule has 0 unspecified atom stereocenters. The summed E-state index contributed by atoms with van der Waals surface area (Å²) in [6.07, 6.45) is 7.93.